The zero-order chi connectivity index (χ0) is 20.5. The van der Waals surface area contributed by atoms with Crippen LogP contribution in [0, 0.1) is 0 Å². The summed E-state index contributed by atoms with van der Waals surface area (Å²) < 4.78 is 67.1. The second kappa shape index (κ2) is 7.44. The molecule has 2 aromatic rings. The van der Waals surface area contributed by atoms with Crippen molar-refractivity contribution in [3.05, 3.63) is 54.1 Å². The maximum absolute atomic E-state index is 12.6. The van der Waals surface area contributed by atoms with E-state index in [-0.39, 0.29) is 10.9 Å². The Kier molecular flexibility index (Phi) is 5.35. The lowest BCUT2D eigenvalue weighted by Gasteiger charge is -2.23. The Morgan fingerprint density at radius 2 is 1.82 bits per heavy atom. The average Bonchev–Trinajstić information content (AvgIpc) is 2.94. The number of carbonyl (C=O) groups is 1. The predicted octanol–water partition coefficient (Wildman–Crippen LogP) is 2.84. The van der Waals surface area contributed by atoms with E-state index in [2.05, 4.69) is 9.46 Å². The van der Waals surface area contributed by atoms with Crippen LogP contribution in [0.2, 0.25) is 0 Å². The third-order valence-electron chi connectivity index (χ3n) is 4.26. The molecule has 1 atom stereocenters. The third kappa shape index (κ3) is 4.45. The van der Waals surface area contributed by atoms with Crippen LogP contribution in [0.15, 0.2) is 53.4 Å². The smallest absolute Gasteiger partial charge is 0.406 e. The normalized spacial score (nSPS) is 16.7. The molecular formula is C18H17F3N2O4S. The van der Waals surface area contributed by atoms with Gasteiger partial charge in [-0.15, -0.1) is 13.2 Å². The van der Waals surface area contributed by atoms with E-state index in [1.807, 2.05) is 19.1 Å². The summed E-state index contributed by atoms with van der Waals surface area (Å²) in [5.74, 6) is -0.955. The lowest BCUT2D eigenvalue weighted by Crippen LogP contribution is -2.43. The molecule has 0 fully saturated rings. The Labute approximate surface area is 160 Å². The molecule has 1 aliphatic heterocycles. The number of ether oxygens (including phenoxy) is 1. The highest BCUT2D eigenvalue weighted by molar-refractivity contribution is 7.89. The first-order chi connectivity index (χ1) is 13.1. The van der Waals surface area contributed by atoms with Crippen LogP contribution in [0.4, 0.5) is 18.9 Å². The summed E-state index contributed by atoms with van der Waals surface area (Å²) in [6.45, 7) is 1.40. The van der Waals surface area contributed by atoms with Crippen LogP contribution in [0.5, 0.6) is 5.75 Å². The Balaban J connectivity index is 1.67. The molecule has 1 aliphatic rings. The summed E-state index contributed by atoms with van der Waals surface area (Å²) in [5, 5.41) is 0. The Hall–Kier alpha value is -2.59. The van der Waals surface area contributed by atoms with Crippen LogP contribution in [-0.2, 0) is 21.2 Å². The van der Waals surface area contributed by atoms with Crippen molar-refractivity contribution >= 4 is 21.6 Å². The lowest BCUT2D eigenvalue weighted by atomic mass is 10.1. The summed E-state index contributed by atoms with van der Waals surface area (Å²) in [6, 6.07) is 11.0. The van der Waals surface area contributed by atoms with Gasteiger partial charge in [-0.1, -0.05) is 18.2 Å². The zero-order valence-electron chi connectivity index (χ0n) is 14.7. The Morgan fingerprint density at radius 1 is 1.18 bits per heavy atom. The SMILES string of the molecule is CC1Cc2ccccc2N1C(=O)CNS(=O)(=O)c1ccc(OC(F)(F)F)cc1. The largest absolute Gasteiger partial charge is 0.573 e. The first-order valence-electron chi connectivity index (χ1n) is 8.32. The standard InChI is InChI=1S/C18H17F3N2O4S/c1-12-10-13-4-2-3-5-16(13)23(12)17(24)11-22-28(25,26)15-8-6-14(7-9-15)27-18(19,20)21/h2-9,12,22H,10-11H2,1H3. The van der Waals surface area contributed by atoms with Gasteiger partial charge in [0.05, 0.1) is 11.4 Å². The Morgan fingerprint density at radius 3 is 2.46 bits per heavy atom. The van der Waals surface area contributed by atoms with Gasteiger partial charge >= 0.3 is 6.36 Å². The molecule has 1 N–H and O–H groups in total. The van der Waals surface area contributed by atoms with E-state index in [1.165, 1.54) is 4.90 Å². The van der Waals surface area contributed by atoms with Crippen LogP contribution in [0.3, 0.4) is 0 Å². The molecule has 1 heterocycles. The molecule has 0 saturated heterocycles. The molecule has 1 unspecified atom stereocenters. The number of halogens is 3. The van der Waals surface area contributed by atoms with Crippen molar-refractivity contribution < 1.29 is 31.1 Å². The van der Waals surface area contributed by atoms with E-state index < -0.39 is 34.6 Å². The first kappa shape index (κ1) is 20.2. The summed E-state index contributed by atoms with van der Waals surface area (Å²) in [4.78, 5) is 13.8. The highest BCUT2D eigenvalue weighted by Crippen LogP contribution is 2.31. The highest BCUT2D eigenvalue weighted by Gasteiger charge is 2.32. The number of amides is 1. The number of carbonyl (C=O) groups excluding carboxylic acids is 1. The number of fused-ring (bicyclic) bond motifs is 1. The van der Waals surface area contributed by atoms with Gasteiger partial charge in [-0.25, -0.2) is 13.1 Å². The summed E-state index contributed by atoms with van der Waals surface area (Å²) in [6.07, 6.45) is -4.19. The van der Waals surface area contributed by atoms with Gasteiger partial charge in [-0.05, 0) is 49.2 Å². The van der Waals surface area contributed by atoms with E-state index in [0.29, 0.717) is 6.42 Å². The van der Waals surface area contributed by atoms with E-state index in [9.17, 15) is 26.4 Å². The maximum Gasteiger partial charge on any atom is 0.573 e. The highest BCUT2D eigenvalue weighted by atomic mass is 32.2. The number of benzene rings is 2. The second-order valence-electron chi connectivity index (χ2n) is 6.29. The predicted molar refractivity (Wildman–Crippen MR) is 95.4 cm³/mol. The third-order valence-corrected chi connectivity index (χ3v) is 5.67. The van der Waals surface area contributed by atoms with Crippen LogP contribution in [0.25, 0.3) is 0 Å². The molecular weight excluding hydrogens is 397 g/mol. The Bertz CT molecular complexity index is 975. The van der Waals surface area contributed by atoms with E-state index >= 15 is 0 Å². The summed E-state index contributed by atoms with van der Waals surface area (Å²) >= 11 is 0. The molecule has 10 heteroatoms. The number of nitrogens with zero attached hydrogens (tertiary/aromatic N) is 1. The number of anilines is 1. The van der Waals surface area contributed by atoms with E-state index in [0.717, 1.165) is 35.5 Å². The van der Waals surface area contributed by atoms with Crippen LogP contribution in [0.1, 0.15) is 12.5 Å². The van der Waals surface area contributed by atoms with Crippen LogP contribution < -0.4 is 14.4 Å². The van der Waals surface area contributed by atoms with Crippen molar-refractivity contribution in [2.24, 2.45) is 0 Å². The van der Waals surface area contributed by atoms with Crippen molar-refractivity contribution in [3.8, 4) is 5.75 Å². The minimum Gasteiger partial charge on any atom is -0.406 e. The molecule has 1 amide bonds. The molecule has 2 aromatic carbocycles. The molecule has 6 nitrogen and oxygen atoms in total. The van der Waals surface area contributed by atoms with Gasteiger partial charge in [0.15, 0.2) is 0 Å². The van der Waals surface area contributed by atoms with E-state index in [4.69, 9.17) is 0 Å². The number of para-hydroxylation sites is 1. The quantitative estimate of drug-likeness (QED) is 0.817. The van der Waals surface area contributed by atoms with Gasteiger partial charge in [0.2, 0.25) is 15.9 Å². The number of hydrogen-bond donors (Lipinski definition) is 1. The number of nitrogens with one attached hydrogen (secondary N) is 1. The van der Waals surface area contributed by atoms with Crippen LogP contribution in [-0.4, -0.2) is 33.3 Å². The van der Waals surface area contributed by atoms with Crippen LogP contribution >= 0.6 is 0 Å². The summed E-state index contributed by atoms with van der Waals surface area (Å²) in [5.41, 5.74) is 1.75. The molecule has 3 rings (SSSR count). The number of alkyl halides is 3. The fourth-order valence-electron chi connectivity index (χ4n) is 3.09. The van der Waals surface area contributed by atoms with Gasteiger partial charge in [0, 0.05) is 11.7 Å². The minimum absolute atomic E-state index is 0.104. The fourth-order valence-corrected chi connectivity index (χ4v) is 4.07. The van der Waals surface area contributed by atoms with Crippen molar-refractivity contribution in [2.45, 2.75) is 30.6 Å². The molecule has 0 bridgehead atoms. The topological polar surface area (TPSA) is 75.7 Å². The molecule has 0 aromatic heterocycles. The maximum atomic E-state index is 12.6. The van der Waals surface area contributed by atoms with Gasteiger partial charge in [0.25, 0.3) is 0 Å². The van der Waals surface area contributed by atoms with Crippen molar-refractivity contribution in [3.63, 3.8) is 0 Å². The van der Waals surface area contributed by atoms with Crippen molar-refractivity contribution in [2.75, 3.05) is 11.4 Å². The number of rotatable bonds is 5. The van der Waals surface area contributed by atoms with E-state index in [1.54, 1.807) is 12.1 Å². The fraction of sp³-hybridized carbons (Fsp3) is 0.278. The molecule has 0 radical (unpaired) electrons. The number of sulfonamides is 1. The minimum atomic E-state index is -4.87. The summed E-state index contributed by atoms with van der Waals surface area (Å²) in [7, 11) is -4.07. The van der Waals surface area contributed by atoms with Crippen molar-refractivity contribution in [1.82, 2.24) is 4.72 Å². The average molecular weight is 414 g/mol. The van der Waals surface area contributed by atoms with Gasteiger partial charge < -0.3 is 9.64 Å². The molecule has 28 heavy (non-hydrogen) atoms. The monoisotopic (exact) mass is 414 g/mol. The van der Waals surface area contributed by atoms with Gasteiger partial charge in [0.1, 0.15) is 5.75 Å². The zero-order valence-corrected chi connectivity index (χ0v) is 15.5. The number of hydrogen-bond acceptors (Lipinski definition) is 4. The lowest BCUT2D eigenvalue weighted by molar-refractivity contribution is -0.274. The molecule has 0 spiro atoms. The molecule has 150 valence electrons. The van der Waals surface area contributed by atoms with Crippen molar-refractivity contribution in [1.29, 1.82) is 0 Å². The van der Waals surface area contributed by atoms with Gasteiger partial charge in [-0.2, -0.15) is 0 Å². The molecule has 0 saturated carbocycles. The van der Waals surface area contributed by atoms with Gasteiger partial charge in [-0.3, -0.25) is 4.79 Å². The molecule has 0 aliphatic carbocycles. The first-order valence-corrected chi connectivity index (χ1v) is 9.80. The second-order valence-corrected chi connectivity index (χ2v) is 8.06.